The van der Waals surface area contributed by atoms with Crippen molar-refractivity contribution in [1.29, 1.82) is 0 Å². The van der Waals surface area contributed by atoms with Gasteiger partial charge in [-0.15, -0.1) is 0 Å². The number of hydrazine groups is 1. The molecule has 0 bridgehead atoms. The third-order valence-corrected chi connectivity index (χ3v) is 3.18. The maximum Gasteiger partial charge on any atom is 0.240 e. The van der Waals surface area contributed by atoms with Crippen LogP contribution >= 0.6 is 11.8 Å². The molecule has 102 valence electrons. The summed E-state index contributed by atoms with van der Waals surface area (Å²) < 4.78 is 0. The molecule has 0 aliphatic heterocycles. The highest BCUT2D eigenvalue weighted by atomic mass is 32.2. The van der Waals surface area contributed by atoms with Crippen LogP contribution in [0.4, 0.5) is 5.95 Å². The van der Waals surface area contributed by atoms with Crippen molar-refractivity contribution in [2.75, 3.05) is 11.2 Å². The van der Waals surface area contributed by atoms with E-state index in [-0.39, 0.29) is 23.7 Å². The molecule has 0 aromatic carbocycles. The van der Waals surface area contributed by atoms with Crippen molar-refractivity contribution in [1.82, 2.24) is 25.5 Å². The molecule has 2 aromatic heterocycles. The Bertz CT molecular complexity index is 582. The minimum Gasteiger partial charge on any atom is -0.353 e. The molecule has 5 N–H and O–H groups in total. The molecule has 2 aromatic rings. The fraction of sp³-hybridized carbons (Fsp3) is 0.400. The Morgan fingerprint density at radius 1 is 1.53 bits per heavy atom. The van der Waals surface area contributed by atoms with Crippen LogP contribution in [0.15, 0.2) is 11.2 Å². The van der Waals surface area contributed by atoms with Crippen LogP contribution in [0.25, 0.3) is 11.0 Å². The van der Waals surface area contributed by atoms with Crippen LogP contribution in [-0.2, 0) is 4.79 Å². The summed E-state index contributed by atoms with van der Waals surface area (Å²) in [6.45, 7) is 3.83. The zero-order valence-corrected chi connectivity index (χ0v) is 11.4. The number of nitrogens with one attached hydrogen (secondary N) is 3. The summed E-state index contributed by atoms with van der Waals surface area (Å²) in [4.78, 5) is 19.9. The molecule has 9 heteroatoms. The Hall–Kier alpha value is -1.87. The number of nitrogen functional groups attached to an aromatic ring is 1. The van der Waals surface area contributed by atoms with Gasteiger partial charge in [0, 0.05) is 6.04 Å². The van der Waals surface area contributed by atoms with Crippen molar-refractivity contribution in [2.45, 2.75) is 24.9 Å². The summed E-state index contributed by atoms with van der Waals surface area (Å²) in [6.07, 6.45) is 1.62. The van der Waals surface area contributed by atoms with Gasteiger partial charge in [-0.2, -0.15) is 10.1 Å². The highest BCUT2D eigenvalue weighted by molar-refractivity contribution is 8.00. The molecule has 0 radical (unpaired) electrons. The Kier molecular flexibility index (Phi) is 4.17. The monoisotopic (exact) mass is 281 g/mol. The lowest BCUT2D eigenvalue weighted by molar-refractivity contribution is -0.119. The predicted octanol–water partition coefficient (Wildman–Crippen LogP) is 0.255. The second-order valence-electron chi connectivity index (χ2n) is 4.14. The number of rotatable bonds is 5. The molecule has 0 aliphatic rings. The topological polar surface area (TPSA) is 122 Å². The van der Waals surface area contributed by atoms with E-state index in [9.17, 15) is 4.79 Å². The Morgan fingerprint density at radius 2 is 2.32 bits per heavy atom. The molecule has 0 saturated carbocycles. The quantitative estimate of drug-likeness (QED) is 0.268. The molecule has 0 unspecified atom stereocenters. The summed E-state index contributed by atoms with van der Waals surface area (Å²) >= 11 is 1.32. The van der Waals surface area contributed by atoms with Gasteiger partial charge in [0.1, 0.15) is 5.03 Å². The lowest BCUT2D eigenvalue weighted by Crippen LogP contribution is -2.31. The number of thioether (sulfide) groups is 1. The number of carbonyl (C=O) groups excluding carboxylic acids is 1. The number of aromatic amines is 1. The third-order valence-electron chi connectivity index (χ3n) is 2.19. The molecule has 2 rings (SSSR count). The number of amides is 1. The lowest BCUT2D eigenvalue weighted by atomic mass is 10.4. The van der Waals surface area contributed by atoms with Crippen LogP contribution in [-0.4, -0.2) is 37.9 Å². The van der Waals surface area contributed by atoms with Crippen LogP contribution in [0.5, 0.6) is 0 Å². The first-order valence-electron chi connectivity index (χ1n) is 5.70. The molecule has 0 spiro atoms. The summed E-state index contributed by atoms with van der Waals surface area (Å²) in [5.41, 5.74) is 2.96. The molecule has 2 heterocycles. The SMILES string of the molecule is CC(C)NC(=O)CSc1nc(NN)nc2[nH]ncc12. The van der Waals surface area contributed by atoms with E-state index in [1.54, 1.807) is 6.20 Å². The number of H-pyrrole nitrogens is 1. The Balaban J connectivity index is 2.15. The summed E-state index contributed by atoms with van der Waals surface area (Å²) in [6, 6.07) is 0.119. The Morgan fingerprint density at radius 3 is 3.00 bits per heavy atom. The van der Waals surface area contributed by atoms with Crippen molar-refractivity contribution in [3.63, 3.8) is 0 Å². The van der Waals surface area contributed by atoms with Crippen LogP contribution in [0.2, 0.25) is 0 Å². The first-order chi connectivity index (χ1) is 9.10. The van der Waals surface area contributed by atoms with E-state index in [2.05, 4.69) is 30.9 Å². The molecule has 8 nitrogen and oxygen atoms in total. The summed E-state index contributed by atoms with van der Waals surface area (Å²) in [5, 5.41) is 10.9. The number of nitrogens with zero attached hydrogens (tertiary/aromatic N) is 3. The minimum atomic E-state index is -0.0440. The first kappa shape index (κ1) is 13.6. The molecular weight excluding hydrogens is 266 g/mol. The summed E-state index contributed by atoms with van der Waals surface area (Å²) in [7, 11) is 0. The van der Waals surface area contributed by atoms with E-state index in [0.717, 1.165) is 5.39 Å². The van der Waals surface area contributed by atoms with E-state index in [0.29, 0.717) is 10.7 Å². The van der Waals surface area contributed by atoms with Crippen molar-refractivity contribution in [3.8, 4) is 0 Å². The summed E-state index contributed by atoms with van der Waals surface area (Å²) in [5.74, 6) is 5.82. The van der Waals surface area contributed by atoms with Crippen LogP contribution < -0.4 is 16.6 Å². The molecule has 0 fully saturated rings. The van der Waals surface area contributed by atoms with Crippen molar-refractivity contribution in [3.05, 3.63) is 6.20 Å². The maximum atomic E-state index is 11.6. The molecule has 0 atom stereocenters. The number of hydrogen-bond donors (Lipinski definition) is 4. The van der Waals surface area contributed by atoms with Gasteiger partial charge in [-0.1, -0.05) is 11.8 Å². The van der Waals surface area contributed by atoms with Gasteiger partial charge in [-0.3, -0.25) is 15.3 Å². The Labute approximate surface area is 113 Å². The standard InChI is InChI=1S/C10H15N7OS/c1-5(2)13-7(18)4-19-9-6-3-12-17-8(6)14-10(15-9)16-11/h3,5H,4,11H2,1-2H3,(H,13,18)(H2,12,14,15,16,17). The smallest absolute Gasteiger partial charge is 0.240 e. The fourth-order valence-electron chi connectivity index (χ4n) is 1.48. The number of carbonyl (C=O) groups is 1. The zero-order chi connectivity index (χ0) is 13.8. The van der Waals surface area contributed by atoms with E-state index in [1.165, 1.54) is 11.8 Å². The average Bonchev–Trinajstić information content (AvgIpc) is 2.82. The van der Waals surface area contributed by atoms with Crippen LogP contribution in [0.3, 0.4) is 0 Å². The largest absolute Gasteiger partial charge is 0.353 e. The number of nitrogens with two attached hydrogens (primary N) is 1. The van der Waals surface area contributed by atoms with Gasteiger partial charge in [-0.05, 0) is 13.8 Å². The van der Waals surface area contributed by atoms with Gasteiger partial charge in [0.2, 0.25) is 11.9 Å². The highest BCUT2D eigenvalue weighted by Gasteiger charge is 2.12. The maximum absolute atomic E-state index is 11.6. The minimum absolute atomic E-state index is 0.0440. The van der Waals surface area contributed by atoms with Crippen molar-refractivity contribution < 1.29 is 4.79 Å². The van der Waals surface area contributed by atoms with E-state index >= 15 is 0 Å². The van der Waals surface area contributed by atoms with Crippen molar-refractivity contribution >= 4 is 34.7 Å². The van der Waals surface area contributed by atoms with Crippen LogP contribution in [0.1, 0.15) is 13.8 Å². The molecule has 1 amide bonds. The highest BCUT2D eigenvalue weighted by Crippen LogP contribution is 2.24. The van der Waals surface area contributed by atoms with Gasteiger partial charge in [-0.25, -0.2) is 10.8 Å². The zero-order valence-electron chi connectivity index (χ0n) is 10.6. The van der Waals surface area contributed by atoms with Crippen LogP contribution in [0, 0.1) is 0 Å². The molecule has 19 heavy (non-hydrogen) atoms. The van der Waals surface area contributed by atoms with E-state index in [1.807, 2.05) is 13.8 Å². The molecular formula is C10H15N7OS. The van der Waals surface area contributed by atoms with E-state index < -0.39 is 0 Å². The average molecular weight is 281 g/mol. The normalized spacial score (nSPS) is 10.9. The van der Waals surface area contributed by atoms with Gasteiger partial charge in [0.15, 0.2) is 5.65 Å². The first-order valence-corrected chi connectivity index (χ1v) is 6.68. The van der Waals surface area contributed by atoms with Gasteiger partial charge in [0.05, 0.1) is 17.3 Å². The lowest BCUT2D eigenvalue weighted by Gasteiger charge is -2.08. The van der Waals surface area contributed by atoms with Crippen molar-refractivity contribution in [2.24, 2.45) is 5.84 Å². The predicted molar refractivity (Wildman–Crippen MR) is 73.5 cm³/mol. The van der Waals surface area contributed by atoms with E-state index in [4.69, 9.17) is 5.84 Å². The second-order valence-corrected chi connectivity index (χ2v) is 5.10. The number of hydrogen-bond acceptors (Lipinski definition) is 7. The molecule has 0 aliphatic carbocycles. The van der Waals surface area contributed by atoms with Gasteiger partial charge >= 0.3 is 0 Å². The van der Waals surface area contributed by atoms with Gasteiger partial charge in [0.25, 0.3) is 0 Å². The third kappa shape index (κ3) is 3.32. The number of anilines is 1. The number of fused-ring (bicyclic) bond motifs is 1. The fourth-order valence-corrected chi connectivity index (χ4v) is 2.29. The molecule has 0 saturated heterocycles. The number of aromatic nitrogens is 4. The van der Waals surface area contributed by atoms with Gasteiger partial charge < -0.3 is 5.32 Å². The second kappa shape index (κ2) is 5.85.